The van der Waals surface area contributed by atoms with Gasteiger partial charge in [0.2, 0.25) is 5.89 Å². The summed E-state index contributed by atoms with van der Waals surface area (Å²) >= 11 is 0. The number of carbonyl (C=O) groups excluding carboxylic acids is 1. The van der Waals surface area contributed by atoms with Gasteiger partial charge in [-0.25, -0.2) is 13.8 Å². The number of aldehydes is 1. The maximum absolute atomic E-state index is 14.4. The van der Waals surface area contributed by atoms with Crippen LogP contribution >= 0.6 is 0 Å². The van der Waals surface area contributed by atoms with Gasteiger partial charge in [0, 0.05) is 23.7 Å². The van der Waals surface area contributed by atoms with Crippen molar-refractivity contribution in [2.75, 3.05) is 0 Å². The first-order chi connectivity index (χ1) is 15.5. The van der Waals surface area contributed by atoms with Crippen LogP contribution in [-0.2, 0) is 7.05 Å². The lowest BCUT2D eigenvalue weighted by molar-refractivity contribution is 0.112. The van der Waals surface area contributed by atoms with Crippen LogP contribution in [0.1, 0.15) is 15.9 Å². The van der Waals surface area contributed by atoms with Crippen molar-refractivity contribution in [2.24, 2.45) is 7.05 Å². The number of rotatable bonds is 4. The molecular weight excluding hydrogens is 414 g/mol. The molecule has 158 valence electrons. The lowest BCUT2D eigenvalue weighted by Crippen LogP contribution is -1.97. The molecule has 0 atom stereocenters. The van der Waals surface area contributed by atoms with Crippen molar-refractivity contribution >= 4 is 17.4 Å². The first kappa shape index (κ1) is 19.7. The van der Waals surface area contributed by atoms with E-state index in [-0.39, 0.29) is 28.4 Å². The number of fused-ring (bicyclic) bond motifs is 1. The van der Waals surface area contributed by atoms with E-state index in [0.29, 0.717) is 28.8 Å². The lowest BCUT2D eigenvalue weighted by Gasteiger charge is -2.13. The second-order valence-corrected chi connectivity index (χ2v) is 7.39. The minimum absolute atomic E-state index is 0.0802. The summed E-state index contributed by atoms with van der Waals surface area (Å²) in [5.74, 6) is -0.178. The molecule has 2 heterocycles. The van der Waals surface area contributed by atoms with Gasteiger partial charge < -0.3 is 8.98 Å². The summed E-state index contributed by atoms with van der Waals surface area (Å²) in [7, 11) is 1.81. The summed E-state index contributed by atoms with van der Waals surface area (Å²) < 4.78 is 35.7. The van der Waals surface area contributed by atoms with E-state index in [0.717, 1.165) is 11.1 Å². The number of benzene rings is 3. The number of nitrogens with zero attached hydrogens (tertiary/aromatic N) is 4. The second kappa shape index (κ2) is 7.49. The third-order valence-electron chi connectivity index (χ3n) is 5.38. The maximum Gasteiger partial charge on any atom is 0.228 e. The Bertz CT molecular complexity index is 1490. The first-order valence-electron chi connectivity index (χ1n) is 9.76. The molecule has 6 nitrogen and oxygen atoms in total. The summed E-state index contributed by atoms with van der Waals surface area (Å²) in [4.78, 5) is 15.8. The molecule has 0 saturated carbocycles. The van der Waals surface area contributed by atoms with Crippen molar-refractivity contribution in [1.29, 1.82) is 0 Å². The van der Waals surface area contributed by atoms with Crippen LogP contribution in [0, 0.1) is 18.6 Å². The van der Waals surface area contributed by atoms with Gasteiger partial charge in [-0.15, -0.1) is 10.2 Å². The molecule has 0 fully saturated rings. The van der Waals surface area contributed by atoms with Gasteiger partial charge in [-0.05, 0) is 42.3 Å². The predicted molar refractivity (Wildman–Crippen MR) is 115 cm³/mol. The average Bonchev–Trinajstić information content (AvgIpc) is 3.42. The lowest BCUT2D eigenvalue weighted by atomic mass is 9.94. The Labute approximate surface area is 181 Å². The van der Waals surface area contributed by atoms with Crippen molar-refractivity contribution < 1.29 is 18.0 Å². The first-order valence-corrected chi connectivity index (χ1v) is 9.76. The number of hydrogen-bond donors (Lipinski definition) is 0. The molecule has 32 heavy (non-hydrogen) atoms. The zero-order chi connectivity index (χ0) is 22.4. The monoisotopic (exact) mass is 430 g/mol. The van der Waals surface area contributed by atoms with Crippen LogP contribution in [0.4, 0.5) is 8.78 Å². The fraction of sp³-hybridized carbons (Fsp3) is 0.0833. The van der Waals surface area contributed by atoms with Crippen LogP contribution in [0.3, 0.4) is 0 Å². The number of aryl methyl sites for hydroxylation is 2. The highest BCUT2D eigenvalue weighted by Crippen LogP contribution is 2.40. The zero-order valence-electron chi connectivity index (χ0n) is 17.1. The van der Waals surface area contributed by atoms with Gasteiger partial charge in [0.15, 0.2) is 17.7 Å². The molecule has 3 aromatic carbocycles. The van der Waals surface area contributed by atoms with Crippen molar-refractivity contribution in [3.63, 3.8) is 0 Å². The van der Waals surface area contributed by atoms with E-state index in [1.165, 1.54) is 25.1 Å². The molecule has 0 aliphatic rings. The largest absolute Gasteiger partial charge is 0.436 e. The van der Waals surface area contributed by atoms with Crippen LogP contribution in [0.25, 0.3) is 45.1 Å². The highest BCUT2D eigenvalue weighted by Gasteiger charge is 2.23. The molecule has 0 aliphatic heterocycles. The Morgan fingerprint density at radius 2 is 1.81 bits per heavy atom. The quantitative estimate of drug-likeness (QED) is 0.359. The van der Waals surface area contributed by atoms with Gasteiger partial charge in [-0.1, -0.05) is 24.3 Å². The van der Waals surface area contributed by atoms with E-state index >= 15 is 0 Å². The number of halogens is 2. The van der Waals surface area contributed by atoms with Crippen molar-refractivity contribution in [2.45, 2.75) is 6.92 Å². The number of carbonyl (C=O) groups is 1. The summed E-state index contributed by atoms with van der Waals surface area (Å²) in [5.41, 5.74) is 3.59. The summed E-state index contributed by atoms with van der Waals surface area (Å²) in [6, 6.07) is 13.0. The van der Waals surface area contributed by atoms with Crippen LogP contribution < -0.4 is 0 Å². The fourth-order valence-corrected chi connectivity index (χ4v) is 3.78. The molecule has 0 bridgehead atoms. The molecule has 5 rings (SSSR count). The van der Waals surface area contributed by atoms with Crippen molar-refractivity contribution in [3.05, 3.63) is 77.6 Å². The van der Waals surface area contributed by atoms with Gasteiger partial charge in [-0.2, -0.15) is 0 Å². The van der Waals surface area contributed by atoms with Gasteiger partial charge in [0.25, 0.3) is 0 Å². The second-order valence-electron chi connectivity index (χ2n) is 7.39. The standard InChI is InChI=1S/C24H16F2N4O2/c1-13-21(26)15(11-31)10-19-22(13)32-24(28-19)18-5-3-4-17(14-6-8-16(25)9-7-14)20(18)23-29-27-12-30(23)2/h3-12H,1-2H3. The highest BCUT2D eigenvalue weighted by atomic mass is 19.1. The molecule has 0 amide bonds. The predicted octanol–water partition coefficient (Wildman–Crippen LogP) is 5.36. The van der Waals surface area contributed by atoms with E-state index in [1.807, 2.05) is 25.2 Å². The van der Waals surface area contributed by atoms with Gasteiger partial charge in [0.1, 0.15) is 23.5 Å². The van der Waals surface area contributed by atoms with Crippen LogP contribution in [0.2, 0.25) is 0 Å². The third-order valence-corrected chi connectivity index (χ3v) is 5.38. The number of hydrogen-bond acceptors (Lipinski definition) is 5. The fourth-order valence-electron chi connectivity index (χ4n) is 3.78. The van der Waals surface area contributed by atoms with E-state index < -0.39 is 5.82 Å². The Kier molecular flexibility index (Phi) is 4.62. The molecule has 5 aromatic rings. The average molecular weight is 430 g/mol. The number of aromatic nitrogens is 4. The Hall–Kier alpha value is -4.20. The Morgan fingerprint density at radius 3 is 2.50 bits per heavy atom. The smallest absolute Gasteiger partial charge is 0.228 e. The molecule has 0 saturated heterocycles. The van der Waals surface area contributed by atoms with Gasteiger partial charge >= 0.3 is 0 Å². The third kappa shape index (κ3) is 3.08. The molecule has 8 heteroatoms. The maximum atomic E-state index is 14.4. The SMILES string of the molecule is Cc1c(F)c(C=O)cc2nc(-c3cccc(-c4ccc(F)cc4)c3-c3nncn3C)oc12. The van der Waals surface area contributed by atoms with E-state index in [2.05, 4.69) is 15.2 Å². The summed E-state index contributed by atoms with van der Waals surface area (Å²) in [6.07, 6.45) is 2.03. The Morgan fingerprint density at radius 1 is 1.06 bits per heavy atom. The zero-order valence-corrected chi connectivity index (χ0v) is 17.1. The molecule has 0 spiro atoms. The van der Waals surface area contributed by atoms with Crippen LogP contribution in [0.15, 0.2) is 59.3 Å². The minimum atomic E-state index is -0.635. The molecule has 0 N–H and O–H groups in total. The molecular formula is C24H16F2N4O2. The Balaban J connectivity index is 1.81. The van der Waals surface area contributed by atoms with Gasteiger partial charge in [-0.3, -0.25) is 4.79 Å². The molecule has 0 radical (unpaired) electrons. The van der Waals surface area contributed by atoms with E-state index in [1.54, 1.807) is 23.0 Å². The summed E-state index contributed by atoms with van der Waals surface area (Å²) in [5, 5.41) is 8.24. The van der Waals surface area contributed by atoms with Crippen molar-refractivity contribution in [1.82, 2.24) is 19.7 Å². The van der Waals surface area contributed by atoms with Crippen LogP contribution in [-0.4, -0.2) is 26.0 Å². The highest BCUT2D eigenvalue weighted by molar-refractivity contribution is 5.93. The minimum Gasteiger partial charge on any atom is -0.436 e. The normalized spacial score (nSPS) is 11.2. The molecule has 2 aromatic heterocycles. The topological polar surface area (TPSA) is 73.8 Å². The van der Waals surface area contributed by atoms with E-state index in [4.69, 9.17) is 4.42 Å². The van der Waals surface area contributed by atoms with Crippen LogP contribution in [0.5, 0.6) is 0 Å². The van der Waals surface area contributed by atoms with E-state index in [9.17, 15) is 13.6 Å². The van der Waals surface area contributed by atoms with Gasteiger partial charge in [0.05, 0.1) is 5.56 Å². The molecule has 0 unspecified atom stereocenters. The van der Waals surface area contributed by atoms with Crippen molar-refractivity contribution in [3.8, 4) is 34.0 Å². The number of oxazole rings is 1. The summed E-state index contributed by atoms with van der Waals surface area (Å²) in [6.45, 7) is 1.54. The molecule has 0 aliphatic carbocycles.